The van der Waals surface area contributed by atoms with Gasteiger partial charge in [-0.05, 0) is 53.7 Å². The fourth-order valence-corrected chi connectivity index (χ4v) is 4.76. The SMILES string of the molecule is O=C(/C=C/c1ccc2c(c1)CCC2N(CCNCCO)CCc1c[nH]c2ccccc12)NO. The minimum Gasteiger partial charge on any atom is -0.395 e. The predicted octanol–water partition coefficient (Wildman–Crippen LogP) is 2.80. The van der Waals surface area contributed by atoms with Gasteiger partial charge < -0.3 is 15.4 Å². The van der Waals surface area contributed by atoms with E-state index in [0.717, 1.165) is 44.5 Å². The highest BCUT2D eigenvalue weighted by Crippen LogP contribution is 2.36. The van der Waals surface area contributed by atoms with Crippen LogP contribution in [0.25, 0.3) is 17.0 Å². The molecule has 1 heterocycles. The van der Waals surface area contributed by atoms with Gasteiger partial charge in [0.2, 0.25) is 0 Å². The molecule has 1 unspecified atom stereocenters. The summed E-state index contributed by atoms with van der Waals surface area (Å²) >= 11 is 0. The normalized spacial score (nSPS) is 15.5. The zero-order chi connectivity index (χ0) is 23.0. The van der Waals surface area contributed by atoms with Gasteiger partial charge in [-0.15, -0.1) is 0 Å². The first kappa shape index (κ1) is 23.2. The first-order chi connectivity index (χ1) is 16.2. The summed E-state index contributed by atoms with van der Waals surface area (Å²) in [6.07, 6.45) is 8.19. The quantitative estimate of drug-likeness (QED) is 0.134. The van der Waals surface area contributed by atoms with Crippen molar-refractivity contribution >= 4 is 22.9 Å². The van der Waals surface area contributed by atoms with Crippen molar-refractivity contribution in [2.24, 2.45) is 0 Å². The fraction of sp³-hybridized carbons (Fsp3) is 0.346. The number of carbonyl (C=O) groups excluding carboxylic acids is 1. The van der Waals surface area contributed by atoms with Crippen LogP contribution in [0.15, 0.2) is 54.7 Å². The lowest BCUT2D eigenvalue weighted by molar-refractivity contribution is -0.124. The molecule has 1 aliphatic rings. The molecule has 0 radical (unpaired) electrons. The lowest BCUT2D eigenvalue weighted by Crippen LogP contribution is -2.36. The van der Waals surface area contributed by atoms with Crippen LogP contribution in [0.2, 0.25) is 0 Å². The largest absolute Gasteiger partial charge is 0.395 e. The van der Waals surface area contributed by atoms with E-state index in [1.54, 1.807) is 11.6 Å². The van der Waals surface area contributed by atoms with Crippen LogP contribution in [0.5, 0.6) is 0 Å². The highest BCUT2D eigenvalue weighted by molar-refractivity contribution is 5.90. The summed E-state index contributed by atoms with van der Waals surface area (Å²) in [6.45, 7) is 3.44. The van der Waals surface area contributed by atoms with Gasteiger partial charge in [0.1, 0.15) is 0 Å². The third kappa shape index (κ3) is 5.69. The van der Waals surface area contributed by atoms with Gasteiger partial charge >= 0.3 is 0 Å². The van der Waals surface area contributed by atoms with E-state index in [-0.39, 0.29) is 6.61 Å². The molecular weight excluding hydrogens is 416 g/mol. The second-order valence-corrected chi connectivity index (χ2v) is 8.44. The van der Waals surface area contributed by atoms with Crippen LogP contribution in [0.1, 0.15) is 34.7 Å². The van der Waals surface area contributed by atoms with Crippen molar-refractivity contribution in [3.8, 4) is 0 Å². The number of aryl methyl sites for hydroxylation is 1. The van der Waals surface area contributed by atoms with Gasteiger partial charge in [-0.2, -0.15) is 0 Å². The van der Waals surface area contributed by atoms with Crippen molar-refractivity contribution in [2.75, 3.05) is 32.8 Å². The van der Waals surface area contributed by atoms with E-state index in [1.165, 1.54) is 33.7 Å². The Morgan fingerprint density at radius 1 is 1.18 bits per heavy atom. The summed E-state index contributed by atoms with van der Waals surface area (Å²) in [4.78, 5) is 17.2. The topological polar surface area (TPSA) is 101 Å². The molecule has 0 bridgehead atoms. The lowest BCUT2D eigenvalue weighted by Gasteiger charge is -2.30. The molecule has 1 atom stereocenters. The van der Waals surface area contributed by atoms with Gasteiger partial charge in [-0.3, -0.25) is 14.9 Å². The average molecular weight is 449 g/mol. The first-order valence-corrected chi connectivity index (χ1v) is 11.5. The number of nitrogens with one attached hydrogen (secondary N) is 3. The molecule has 2 aromatic carbocycles. The maximum Gasteiger partial charge on any atom is 0.267 e. The molecular formula is C26H32N4O3. The number of aliphatic hydroxyl groups is 1. The number of hydrogen-bond donors (Lipinski definition) is 5. The highest BCUT2D eigenvalue weighted by Gasteiger charge is 2.27. The zero-order valence-corrected chi connectivity index (χ0v) is 18.8. The number of para-hydroxylation sites is 1. The molecule has 7 nitrogen and oxygen atoms in total. The van der Waals surface area contributed by atoms with Crippen molar-refractivity contribution in [3.63, 3.8) is 0 Å². The number of rotatable bonds is 11. The number of hydroxylamine groups is 1. The Balaban J connectivity index is 1.49. The highest BCUT2D eigenvalue weighted by atomic mass is 16.5. The maximum atomic E-state index is 11.3. The molecule has 1 amide bonds. The summed E-state index contributed by atoms with van der Waals surface area (Å²) in [5, 5.41) is 22.4. The molecule has 1 aromatic heterocycles. The van der Waals surface area contributed by atoms with E-state index < -0.39 is 5.91 Å². The van der Waals surface area contributed by atoms with Gasteiger partial charge in [0.05, 0.1) is 6.61 Å². The van der Waals surface area contributed by atoms with E-state index in [9.17, 15) is 4.79 Å². The van der Waals surface area contributed by atoms with Crippen LogP contribution in [0, 0.1) is 0 Å². The van der Waals surface area contributed by atoms with E-state index in [4.69, 9.17) is 10.3 Å². The Bertz CT molecular complexity index is 1110. The molecule has 7 heteroatoms. The van der Waals surface area contributed by atoms with Crippen LogP contribution in [0.3, 0.4) is 0 Å². The second-order valence-electron chi connectivity index (χ2n) is 8.44. The third-order valence-electron chi connectivity index (χ3n) is 6.40. The number of hydrogen-bond acceptors (Lipinski definition) is 5. The number of carbonyl (C=O) groups is 1. The van der Waals surface area contributed by atoms with Crippen molar-refractivity contribution < 1.29 is 15.1 Å². The molecule has 0 fully saturated rings. The summed E-state index contributed by atoms with van der Waals surface area (Å²) in [7, 11) is 0. The number of aromatic nitrogens is 1. The summed E-state index contributed by atoms with van der Waals surface area (Å²) in [6, 6.07) is 15.1. The zero-order valence-electron chi connectivity index (χ0n) is 18.8. The van der Waals surface area contributed by atoms with Gasteiger partial charge in [0, 0.05) is 55.4 Å². The van der Waals surface area contributed by atoms with Crippen molar-refractivity contribution in [2.45, 2.75) is 25.3 Å². The van der Waals surface area contributed by atoms with Crippen LogP contribution < -0.4 is 10.8 Å². The van der Waals surface area contributed by atoms with Gasteiger partial charge in [0.15, 0.2) is 0 Å². The standard InChI is InChI=1S/C26H32N4O3/c31-16-13-27-12-15-30(14-11-21-18-28-24-4-2-1-3-22(21)24)25-9-7-20-17-19(5-8-23(20)25)6-10-26(32)29-33/h1-6,8,10,17-18,25,27-28,31,33H,7,9,11-16H2,(H,29,32)/b10-6+. The van der Waals surface area contributed by atoms with Gasteiger partial charge in [-0.25, -0.2) is 5.48 Å². The number of aliphatic hydroxyl groups excluding tert-OH is 1. The number of H-pyrrole nitrogens is 1. The van der Waals surface area contributed by atoms with Crippen LogP contribution in [-0.2, 0) is 17.6 Å². The molecule has 0 saturated heterocycles. The molecule has 4 rings (SSSR count). The van der Waals surface area contributed by atoms with Gasteiger partial charge in [-0.1, -0.05) is 36.4 Å². The molecule has 33 heavy (non-hydrogen) atoms. The molecule has 3 aromatic rings. The molecule has 174 valence electrons. The third-order valence-corrected chi connectivity index (χ3v) is 6.40. The van der Waals surface area contributed by atoms with Crippen LogP contribution >= 0.6 is 0 Å². The smallest absolute Gasteiger partial charge is 0.267 e. The minimum absolute atomic E-state index is 0.145. The lowest BCUT2D eigenvalue weighted by atomic mass is 10.0. The van der Waals surface area contributed by atoms with Gasteiger partial charge in [0.25, 0.3) is 5.91 Å². The van der Waals surface area contributed by atoms with E-state index in [2.05, 4.69) is 57.8 Å². The predicted molar refractivity (Wildman–Crippen MR) is 130 cm³/mol. The van der Waals surface area contributed by atoms with E-state index in [1.807, 2.05) is 6.07 Å². The number of amides is 1. The molecule has 1 aliphatic carbocycles. The van der Waals surface area contributed by atoms with Crippen LogP contribution in [-0.4, -0.2) is 58.9 Å². The van der Waals surface area contributed by atoms with E-state index >= 15 is 0 Å². The Morgan fingerprint density at radius 3 is 2.91 bits per heavy atom. The second kappa shape index (κ2) is 11.2. The minimum atomic E-state index is -0.535. The Morgan fingerprint density at radius 2 is 2.06 bits per heavy atom. The number of aromatic amines is 1. The number of nitrogens with zero attached hydrogens (tertiary/aromatic N) is 1. The number of benzene rings is 2. The Kier molecular flexibility index (Phi) is 7.91. The monoisotopic (exact) mass is 448 g/mol. The van der Waals surface area contributed by atoms with Crippen molar-refractivity contribution in [1.82, 2.24) is 20.7 Å². The summed E-state index contributed by atoms with van der Waals surface area (Å²) < 4.78 is 0. The maximum absolute atomic E-state index is 11.3. The molecule has 5 N–H and O–H groups in total. The van der Waals surface area contributed by atoms with E-state index in [0.29, 0.717) is 12.6 Å². The first-order valence-electron chi connectivity index (χ1n) is 11.5. The average Bonchev–Trinajstić information content (AvgIpc) is 3.46. The Labute approximate surface area is 194 Å². The Hall–Kier alpha value is -2.97. The van der Waals surface area contributed by atoms with Crippen molar-refractivity contribution in [1.29, 1.82) is 0 Å². The van der Waals surface area contributed by atoms with Crippen molar-refractivity contribution in [3.05, 3.63) is 77.0 Å². The van der Waals surface area contributed by atoms with Crippen LogP contribution in [0.4, 0.5) is 0 Å². The molecule has 0 aliphatic heterocycles. The molecule has 0 saturated carbocycles. The fourth-order valence-electron chi connectivity index (χ4n) is 4.76. The summed E-state index contributed by atoms with van der Waals surface area (Å²) in [5.41, 5.74) is 7.73. The molecule has 0 spiro atoms. The summed E-state index contributed by atoms with van der Waals surface area (Å²) in [5.74, 6) is -0.535. The number of fused-ring (bicyclic) bond motifs is 2.